The molecule has 19 nitrogen and oxygen atoms in total. The number of nitrogens with zero attached hydrogens (tertiary/aromatic N) is 4. The summed E-state index contributed by atoms with van der Waals surface area (Å²) >= 11 is 7.03. The number of benzene rings is 3. The molecule has 0 spiro atoms. The third-order valence-electron chi connectivity index (χ3n) is 12.8. The van der Waals surface area contributed by atoms with Gasteiger partial charge in [-0.25, -0.2) is 22.4 Å². The SMILES string of the molecule is CC1(C)CC(Nc2cccc(-c3sc(C(=O)O)c(OCC(=O)O)c3Cl)c2F)CCN1S(=O)(=O)Cc1ccc(F)c([N+](=O)CC2CN(C(=O)CNc3cccc4c3CN(C3CCC(=O)NC3=O)C4=O)C2)c1. The number of carboxylic acid groups (broad SMARTS) is 2. The lowest BCUT2D eigenvalue weighted by atomic mass is 9.89. The molecule has 0 radical (unpaired) electrons. The highest BCUT2D eigenvalue weighted by Crippen LogP contribution is 2.47. The average molecular weight is 1030 g/mol. The number of thiophene rings is 1. The van der Waals surface area contributed by atoms with E-state index in [4.69, 9.17) is 21.4 Å². The van der Waals surface area contributed by atoms with E-state index < -0.39 is 86.0 Å². The number of hydrogen-bond donors (Lipinski definition) is 5. The van der Waals surface area contributed by atoms with Crippen molar-refractivity contribution in [3.63, 3.8) is 0 Å². The molecule has 24 heteroatoms. The van der Waals surface area contributed by atoms with Crippen LogP contribution in [0, 0.1) is 22.5 Å². The second-order valence-electron chi connectivity index (χ2n) is 18.1. The summed E-state index contributed by atoms with van der Waals surface area (Å²) < 4.78 is 66.1. The Balaban J connectivity index is 0.840. The van der Waals surface area contributed by atoms with Gasteiger partial charge in [0, 0.05) is 82.3 Å². The summed E-state index contributed by atoms with van der Waals surface area (Å²) in [6.07, 6.45) is 0.811. The van der Waals surface area contributed by atoms with Gasteiger partial charge in [-0.1, -0.05) is 35.9 Å². The van der Waals surface area contributed by atoms with Gasteiger partial charge >= 0.3 is 11.9 Å². The number of nitroso groups, excluding NO2 is 1. The van der Waals surface area contributed by atoms with Crippen LogP contribution in [-0.2, 0) is 41.5 Å². The molecule has 4 aromatic rings. The van der Waals surface area contributed by atoms with Crippen LogP contribution in [0.4, 0.5) is 25.8 Å². The largest absolute Gasteiger partial charge is 0.479 e. The standard InChI is InChI=1S/C46H46ClF2N7O12S2/c1-46(2)16-26(51-32-8-4-6-28(39(32)49)41-38(47)40(68-22-37(59)60)42(69-41)45(63)64)13-14-56(46)70(66,67)23-24-9-10-30(48)34(15-24)55(65)20-25-18-53(19-25)36(58)17-50-31-7-3-5-27-29(31)21-54(44(27)62)33-11-12-35(57)52-43(33)61/h3-10,15,25-26,33,50-51H,11-14,16-23H2,1-2H3,(H2-,52,57,59,60,61,63,64)/p+1. The number of nitrogens with one attached hydrogen (secondary N) is 3. The minimum atomic E-state index is -4.07. The molecular formula is C46H47ClF2N7O12S2+. The molecule has 2 unspecified atom stereocenters. The number of likely N-dealkylation sites (tertiary alicyclic amines) is 1. The second-order valence-corrected chi connectivity index (χ2v) is 21.4. The fourth-order valence-electron chi connectivity index (χ4n) is 9.42. The maximum atomic E-state index is 16.1. The lowest BCUT2D eigenvalue weighted by Gasteiger charge is -2.45. The summed E-state index contributed by atoms with van der Waals surface area (Å²) in [6, 6.07) is 11.7. The number of imide groups is 1. The van der Waals surface area contributed by atoms with Crippen LogP contribution in [-0.4, -0.2) is 130 Å². The summed E-state index contributed by atoms with van der Waals surface area (Å²) in [7, 11) is -4.07. The van der Waals surface area contributed by atoms with Gasteiger partial charge in [0.2, 0.25) is 34.3 Å². The number of amides is 4. The lowest BCUT2D eigenvalue weighted by molar-refractivity contribution is -0.477. The second kappa shape index (κ2) is 19.7. The monoisotopic (exact) mass is 1030 g/mol. The Morgan fingerprint density at radius 3 is 2.41 bits per heavy atom. The van der Waals surface area contributed by atoms with Crippen molar-refractivity contribution >= 4 is 85.6 Å². The number of hydrogen-bond acceptors (Lipinski definition) is 13. The fraction of sp³-hybridized carbons (Fsp3) is 0.391. The number of rotatable bonds is 17. The summed E-state index contributed by atoms with van der Waals surface area (Å²) in [5, 5.41) is 26.9. The zero-order chi connectivity index (χ0) is 50.4. The van der Waals surface area contributed by atoms with E-state index in [9.17, 15) is 47.2 Å². The third kappa shape index (κ3) is 10.2. The van der Waals surface area contributed by atoms with Gasteiger partial charge in [0.15, 0.2) is 28.9 Å². The van der Waals surface area contributed by atoms with Crippen LogP contribution < -0.4 is 20.7 Å². The molecule has 4 aliphatic rings. The summed E-state index contributed by atoms with van der Waals surface area (Å²) in [5.74, 6) is -7.23. The van der Waals surface area contributed by atoms with E-state index >= 15 is 8.78 Å². The van der Waals surface area contributed by atoms with Crippen molar-refractivity contribution < 1.29 is 65.7 Å². The number of piperidine rings is 2. The van der Waals surface area contributed by atoms with Gasteiger partial charge in [-0.15, -0.1) is 11.3 Å². The number of halogens is 3. The number of aliphatic carboxylic acids is 1. The van der Waals surface area contributed by atoms with E-state index in [2.05, 4.69) is 16.0 Å². The van der Waals surface area contributed by atoms with Crippen molar-refractivity contribution in [2.45, 2.75) is 69.5 Å². The molecule has 8 rings (SSSR count). The van der Waals surface area contributed by atoms with Gasteiger partial charge in [0.1, 0.15) is 11.1 Å². The van der Waals surface area contributed by atoms with Crippen molar-refractivity contribution in [3.8, 4) is 16.2 Å². The number of carboxylic acids is 2. The molecule has 4 amide bonds. The van der Waals surface area contributed by atoms with E-state index in [0.29, 0.717) is 32.9 Å². The van der Waals surface area contributed by atoms with Crippen LogP contribution in [0.2, 0.25) is 5.02 Å². The summed E-state index contributed by atoms with van der Waals surface area (Å²) in [6.45, 7) is 2.85. The number of carbonyl (C=O) groups excluding carboxylic acids is 4. The number of sulfonamides is 1. The smallest absolute Gasteiger partial charge is 0.349 e. The Morgan fingerprint density at radius 1 is 1.01 bits per heavy atom. The third-order valence-corrected chi connectivity index (χ3v) is 16.5. The number of anilines is 2. The molecule has 3 saturated heterocycles. The minimum Gasteiger partial charge on any atom is -0.479 e. The first-order valence-corrected chi connectivity index (χ1v) is 24.9. The van der Waals surface area contributed by atoms with Crippen LogP contribution in [0.25, 0.3) is 10.4 Å². The van der Waals surface area contributed by atoms with Crippen molar-refractivity contribution in [1.82, 2.24) is 19.4 Å². The number of ether oxygens (including phenoxy) is 1. The molecule has 1 aromatic heterocycles. The predicted molar refractivity (Wildman–Crippen MR) is 250 cm³/mol. The molecule has 5 N–H and O–H groups in total. The Kier molecular flexibility index (Phi) is 14.0. The lowest BCUT2D eigenvalue weighted by Crippen LogP contribution is -2.55. The molecule has 0 saturated carbocycles. The topological polar surface area (TPSA) is 252 Å². The van der Waals surface area contributed by atoms with Crippen LogP contribution >= 0.6 is 22.9 Å². The Bertz CT molecular complexity index is 2960. The maximum absolute atomic E-state index is 16.1. The number of aromatic carboxylic acids is 1. The first-order chi connectivity index (χ1) is 33.1. The van der Waals surface area contributed by atoms with Crippen molar-refractivity contribution in [2.24, 2.45) is 5.92 Å². The highest BCUT2D eigenvalue weighted by Gasteiger charge is 2.43. The average Bonchev–Trinajstić information content (AvgIpc) is 3.79. The summed E-state index contributed by atoms with van der Waals surface area (Å²) in [4.78, 5) is 89.3. The van der Waals surface area contributed by atoms with E-state index in [-0.39, 0.29) is 115 Å². The van der Waals surface area contributed by atoms with Gasteiger partial charge in [-0.3, -0.25) is 24.5 Å². The number of carbonyl (C=O) groups is 6. The molecule has 3 aromatic carbocycles. The molecule has 3 fully saturated rings. The van der Waals surface area contributed by atoms with Gasteiger partial charge < -0.3 is 35.4 Å². The van der Waals surface area contributed by atoms with Crippen LogP contribution in [0.5, 0.6) is 5.75 Å². The highest BCUT2D eigenvalue weighted by molar-refractivity contribution is 7.88. The Labute approximate surface area is 408 Å². The normalized spacial score (nSPS) is 19.3. The van der Waals surface area contributed by atoms with Crippen LogP contribution in [0.1, 0.15) is 70.7 Å². The van der Waals surface area contributed by atoms with Crippen LogP contribution in [0.3, 0.4) is 0 Å². The van der Waals surface area contributed by atoms with Gasteiger partial charge in [0.25, 0.3) is 11.6 Å². The van der Waals surface area contributed by atoms with Crippen molar-refractivity contribution in [2.75, 3.05) is 50.0 Å². The zero-order valence-electron chi connectivity index (χ0n) is 37.6. The fourth-order valence-corrected chi connectivity index (χ4v) is 12.8. The van der Waals surface area contributed by atoms with Crippen LogP contribution in [0.15, 0.2) is 54.6 Å². The number of fused-ring (bicyclic) bond motifs is 1. The van der Waals surface area contributed by atoms with E-state index in [0.717, 1.165) is 6.07 Å². The quantitative estimate of drug-likeness (QED) is 0.0653. The molecule has 70 heavy (non-hydrogen) atoms. The summed E-state index contributed by atoms with van der Waals surface area (Å²) in [5.41, 5.74) is 0.356. The Hall–Kier alpha value is -6.56. The van der Waals surface area contributed by atoms with Crippen molar-refractivity contribution in [1.29, 1.82) is 0 Å². The molecule has 370 valence electrons. The molecular weight excluding hydrogens is 980 g/mol. The maximum Gasteiger partial charge on any atom is 0.349 e. The van der Waals surface area contributed by atoms with Crippen molar-refractivity contribution in [3.05, 3.63) is 97.7 Å². The highest BCUT2D eigenvalue weighted by atomic mass is 35.5. The molecule has 0 aliphatic carbocycles. The first kappa shape index (κ1) is 49.8. The van der Waals surface area contributed by atoms with E-state index in [1.165, 1.54) is 44.4 Å². The van der Waals surface area contributed by atoms with E-state index in [1.807, 2.05) is 0 Å². The van der Waals surface area contributed by atoms with Gasteiger partial charge in [-0.2, -0.15) is 8.70 Å². The molecule has 5 heterocycles. The first-order valence-electron chi connectivity index (χ1n) is 22.1. The van der Waals surface area contributed by atoms with Gasteiger partial charge in [-0.05, 0) is 62.9 Å². The Morgan fingerprint density at radius 2 is 1.73 bits per heavy atom. The van der Waals surface area contributed by atoms with Gasteiger partial charge in [0.05, 0.1) is 28.8 Å². The molecule has 2 atom stereocenters. The minimum absolute atomic E-state index is 0.00933. The van der Waals surface area contributed by atoms with E-state index in [1.54, 1.807) is 32.0 Å². The zero-order valence-corrected chi connectivity index (χ0v) is 40.0. The molecule has 4 aliphatic heterocycles. The molecule has 0 bridgehead atoms. The predicted octanol–water partition coefficient (Wildman–Crippen LogP) is 5.44.